The molecule has 0 nitrogen and oxygen atoms in total. The zero-order valence-electron chi connectivity index (χ0n) is 6.34. The van der Waals surface area contributed by atoms with E-state index in [4.69, 9.17) is 34.8 Å². The van der Waals surface area contributed by atoms with Gasteiger partial charge in [-0.05, 0) is 19.4 Å². The monoisotopic (exact) mass is 216 g/mol. The maximum atomic E-state index is 5.97. The van der Waals surface area contributed by atoms with E-state index in [1.54, 1.807) is 0 Å². The minimum absolute atomic E-state index is 0.347. The summed E-state index contributed by atoms with van der Waals surface area (Å²) in [5.74, 6) is 0.462. The SMILES string of the molecule is CC(CCl)=C(Cl)C(C)([SiH3])Cl. The first kappa shape index (κ1) is 10.8. The van der Waals surface area contributed by atoms with Crippen molar-refractivity contribution in [1.82, 2.24) is 0 Å². The number of rotatable bonds is 2. The molecule has 4 heteroatoms. The van der Waals surface area contributed by atoms with Crippen LogP contribution in [0.3, 0.4) is 0 Å². The number of hydrogen-bond donors (Lipinski definition) is 0. The smallest absolute Gasteiger partial charge is 0.0588 e. The van der Waals surface area contributed by atoms with Gasteiger partial charge in [-0.3, -0.25) is 0 Å². The van der Waals surface area contributed by atoms with Crippen LogP contribution < -0.4 is 0 Å². The molecular weight excluding hydrogens is 207 g/mol. The van der Waals surface area contributed by atoms with E-state index in [1.165, 1.54) is 0 Å². The van der Waals surface area contributed by atoms with Crippen LogP contribution in [0.4, 0.5) is 0 Å². The molecule has 0 radical (unpaired) electrons. The van der Waals surface area contributed by atoms with Crippen molar-refractivity contribution >= 4 is 45.0 Å². The molecule has 0 aliphatic carbocycles. The second-order valence-electron chi connectivity index (χ2n) is 2.70. The third kappa shape index (κ3) is 3.29. The molecule has 0 amide bonds. The lowest BCUT2D eigenvalue weighted by atomic mass is 10.2. The molecule has 1 atom stereocenters. The van der Waals surface area contributed by atoms with E-state index in [1.807, 2.05) is 13.8 Å². The van der Waals surface area contributed by atoms with Gasteiger partial charge in [0, 0.05) is 21.2 Å². The molecule has 0 aliphatic heterocycles. The van der Waals surface area contributed by atoms with E-state index in [-0.39, 0.29) is 4.50 Å². The normalized spacial score (nSPS) is 20.1. The molecule has 0 fully saturated rings. The van der Waals surface area contributed by atoms with Crippen molar-refractivity contribution in [3.8, 4) is 0 Å². The van der Waals surface area contributed by atoms with Crippen LogP contribution in [0.15, 0.2) is 10.6 Å². The Morgan fingerprint density at radius 3 is 2.10 bits per heavy atom. The van der Waals surface area contributed by atoms with Crippen LogP contribution in [0.25, 0.3) is 0 Å². The predicted molar refractivity (Wildman–Crippen MR) is 53.5 cm³/mol. The predicted octanol–water partition coefficient (Wildman–Crippen LogP) is 2.06. The Bertz CT molecular complexity index is 146. The lowest BCUT2D eigenvalue weighted by Gasteiger charge is -2.16. The van der Waals surface area contributed by atoms with Crippen LogP contribution in [0.2, 0.25) is 0 Å². The quantitative estimate of drug-likeness (QED) is 0.491. The van der Waals surface area contributed by atoms with Crippen molar-refractivity contribution in [2.45, 2.75) is 18.3 Å². The van der Waals surface area contributed by atoms with Crippen LogP contribution in [0.5, 0.6) is 0 Å². The first-order valence-corrected chi connectivity index (χ1v) is 5.29. The van der Waals surface area contributed by atoms with Gasteiger partial charge in [-0.15, -0.1) is 23.2 Å². The summed E-state index contributed by atoms with van der Waals surface area (Å²) in [6.45, 7) is 3.80. The molecule has 60 valence electrons. The summed E-state index contributed by atoms with van der Waals surface area (Å²) in [5, 5.41) is 0.704. The van der Waals surface area contributed by atoms with E-state index in [9.17, 15) is 0 Å². The van der Waals surface area contributed by atoms with E-state index in [2.05, 4.69) is 0 Å². The van der Waals surface area contributed by atoms with Crippen molar-refractivity contribution < 1.29 is 0 Å². The molecule has 0 spiro atoms. The average Bonchev–Trinajstić information content (AvgIpc) is 1.83. The molecular formula is C6H11Cl3Si. The molecule has 0 N–H and O–H groups in total. The van der Waals surface area contributed by atoms with Gasteiger partial charge in [-0.25, -0.2) is 0 Å². The molecule has 0 aromatic carbocycles. The maximum Gasteiger partial charge on any atom is 0.0588 e. The van der Waals surface area contributed by atoms with Gasteiger partial charge in [-0.2, -0.15) is 0 Å². The summed E-state index contributed by atoms with van der Waals surface area (Å²) in [6, 6.07) is 0. The van der Waals surface area contributed by atoms with E-state index >= 15 is 0 Å². The molecule has 10 heavy (non-hydrogen) atoms. The van der Waals surface area contributed by atoms with Gasteiger partial charge >= 0.3 is 0 Å². The minimum Gasteiger partial charge on any atom is -0.122 e. The summed E-state index contributed by atoms with van der Waals surface area (Å²) in [4.78, 5) is 0. The van der Waals surface area contributed by atoms with Crippen molar-refractivity contribution in [2.24, 2.45) is 0 Å². The third-order valence-electron chi connectivity index (χ3n) is 1.10. The van der Waals surface area contributed by atoms with Gasteiger partial charge in [0.2, 0.25) is 0 Å². The Labute approximate surface area is 80.0 Å². The summed E-state index contributed by atoms with van der Waals surface area (Å²) in [5.41, 5.74) is 0.968. The van der Waals surface area contributed by atoms with E-state index in [0.717, 1.165) is 15.8 Å². The Morgan fingerprint density at radius 2 is 2.00 bits per heavy atom. The molecule has 0 heterocycles. The lowest BCUT2D eigenvalue weighted by molar-refractivity contribution is 1.06. The van der Waals surface area contributed by atoms with Gasteiger partial charge in [0.15, 0.2) is 0 Å². The average molecular weight is 218 g/mol. The molecule has 0 saturated carbocycles. The Morgan fingerprint density at radius 1 is 1.60 bits per heavy atom. The van der Waals surface area contributed by atoms with Gasteiger partial charge in [0.05, 0.1) is 4.50 Å². The van der Waals surface area contributed by atoms with E-state index in [0.29, 0.717) is 10.9 Å². The minimum atomic E-state index is -0.347. The zero-order chi connectivity index (χ0) is 8.36. The molecule has 0 aromatic rings. The standard InChI is InChI=1S/C6H11Cl3Si/c1-4(3-7)5(8)6(2,9)10/h3H2,1-2,10H3. The van der Waals surface area contributed by atoms with Gasteiger partial charge in [0.1, 0.15) is 0 Å². The first-order valence-electron chi connectivity index (χ1n) is 3.00. The number of alkyl halides is 2. The number of halogens is 3. The topological polar surface area (TPSA) is 0 Å². The van der Waals surface area contributed by atoms with E-state index < -0.39 is 0 Å². The second kappa shape index (κ2) is 4.00. The molecule has 0 bridgehead atoms. The van der Waals surface area contributed by atoms with Crippen molar-refractivity contribution in [3.63, 3.8) is 0 Å². The Kier molecular flexibility index (Phi) is 4.34. The van der Waals surface area contributed by atoms with Crippen LogP contribution in [-0.4, -0.2) is 20.6 Å². The second-order valence-corrected chi connectivity index (χ2v) is 6.92. The summed E-state index contributed by atoms with van der Waals surface area (Å²) < 4.78 is -0.347. The van der Waals surface area contributed by atoms with Crippen LogP contribution >= 0.6 is 34.8 Å². The number of hydrogen-bond acceptors (Lipinski definition) is 0. The van der Waals surface area contributed by atoms with Gasteiger partial charge in [-0.1, -0.05) is 11.6 Å². The van der Waals surface area contributed by atoms with Crippen molar-refractivity contribution in [3.05, 3.63) is 10.6 Å². The highest BCUT2D eigenvalue weighted by Gasteiger charge is 2.19. The largest absolute Gasteiger partial charge is 0.122 e. The highest BCUT2D eigenvalue weighted by Crippen LogP contribution is 2.27. The molecule has 0 aliphatic rings. The summed E-state index contributed by atoms with van der Waals surface area (Å²) in [6.07, 6.45) is 0. The van der Waals surface area contributed by atoms with Crippen LogP contribution in [0, 0.1) is 0 Å². The van der Waals surface area contributed by atoms with Crippen molar-refractivity contribution in [2.75, 3.05) is 5.88 Å². The molecule has 0 rings (SSSR count). The van der Waals surface area contributed by atoms with Crippen molar-refractivity contribution in [1.29, 1.82) is 0 Å². The number of allylic oxidation sites excluding steroid dienone is 2. The van der Waals surface area contributed by atoms with Crippen LogP contribution in [0.1, 0.15) is 13.8 Å². The summed E-state index contributed by atoms with van der Waals surface area (Å²) >= 11 is 17.4. The highest BCUT2D eigenvalue weighted by atomic mass is 35.5. The van der Waals surface area contributed by atoms with Crippen LogP contribution in [-0.2, 0) is 0 Å². The molecule has 1 unspecified atom stereocenters. The fourth-order valence-corrected chi connectivity index (χ4v) is 1.42. The van der Waals surface area contributed by atoms with Gasteiger partial charge < -0.3 is 0 Å². The van der Waals surface area contributed by atoms with Gasteiger partial charge in [0.25, 0.3) is 0 Å². The third-order valence-corrected chi connectivity index (χ3v) is 3.40. The molecule has 0 saturated heterocycles. The zero-order valence-corrected chi connectivity index (χ0v) is 10.6. The maximum absolute atomic E-state index is 5.97. The lowest BCUT2D eigenvalue weighted by Crippen LogP contribution is -2.17. The first-order chi connectivity index (χ1) is 4.39. The Balaban J connectivity index is 4.47. The fraction of sp³-hybridized carbons (Fsp3) is 0.667. The fourth-order valence-electron chi connectivity index (χ4n) is 0.566. The summed E-state index contributed by atoms with van der Waals surface area (Å²) in [7, 11) is 0.831. The molecule has 0 aromatic heterocycles. The highest BCUT2D eigenvalue weighted by molar-refractivity contribution is 6.53. The Hall–Kier alpha value is 0.827.